The van der Waals surface area contributed by atoms with Crippen LogP contribution in [0.25, 0.3) is 0 Å². The van der Waals surface area contributed by atoms with E-state index >= 15 is 0 Å². The van der Waals surface area contributed by atoms with E-state index in [0.717, 1.165) is 24.4 Å². The summed E-state index contributed by atoms with van der Waals surface area (Å²) < 4.78 is 6.11. The molecule has 0 heterocycles. The molecule has 146 valence electrons. The van der Waals surface area contributed by atoms with Crippen LogP contribution in [-0.4, -0.2) is 12.7 Å². The topological polar surface area (TPSA) is 9.23 Å². The number of allylic oxidation sites excluding steroid dienone is 1. The van der Waals surface area contributed by atoms with Gasteiger partial charge < -0.3 is 4.74 Å². The molecule has 1 nitrogen and oxygen atoms in total. The number of hydrogen-bond acceptors (Lipinski definition) is 1. The van der Waals surface area contributed by atoms with E-state index in [1.807, 2.05) is 0 Å². The molecule has 0 saturated heterocycles. The van der Waals surface area contributed by atoms with Gasteiger partial charge in [0.05, 0.1) is 12.7 Å². The second kappa shape index (κ2) is 13.0. The van der Waals surface area contributed by atoms with E-state index < -0.39 is 0 Å². The van der Waals surface area contributed by atoms with Crippen LogP contribution in [0.1, 0.15) is 110 Å². The summed E-state index contributed by atoms with van der Waals surface area (Å²) in [6.07, 6.45) is 26.4. The average Bonchev–Trinajstić information content (AvgIpc) is 2.65. The van der Waals surface area contributed by atoms with E-state index in [1.165, 1.54) is 96.3 Å². The molecule has 0 aliphatic heterocycles. The van der Waals surface area contributed by atoms with Gasteiger partial charge in [-0.15, -0.1) is 0 Å². The van der Waals surface area contributed by atoms with E-state index in [1.54, 1.807) is 0 Å². The largest absolute Gasteiger partial charge is 0.374 e. The Morgan fingerprint density at radius 3 is 2.08 bits per heavy atom. The minimum Gasteiger partial charge on any atom is -0.374 e. The van der Waals surface area contributed by atoms with Crippen molar-refractivity contribution in [3.8, 4) is 0 Å². The van der Waals surface area contributed by atoms with Crippen molar-refractivity contribution in [2.45, 2.75) is 116 Å². The first-order valence-corrected chi connectivity index (χ1v) is 11.6. The molecule has 0 unspecified atom stereocenters. The zero-order valence-electron chi connectivity index (χ0n) is 17.2. The smallest absolute Gasteiger partial charge is 0.0651 e. The van der Waals surface area contributed by atoms with Crippen molar-refractivity contribution in [2.24, 2.45) is 17.8 Å². The summed E-state index contributed by atoms with van der Waals surface area (Å²) in [5.74, 6) is 2.84. The number of hydrogen-bond donors (Lipinski definition) is 0. The van der Waals surface area contributed by atoms with Gasteiger partial charge in [0.1, 0.15) is 0 Å². The quantitative estimate of drug-likeness (QED) is 0.274. The Labute approximate surface area is 158 Å². The highest BCUT2D eigenvalue weighted by atomic mass is 16.5. The summed E-state index contributed by atoms with van der Waals surface area (Å²) in [6, 6.07) is 0. The molecule has 2 aliphatic rings. The van der Waals surface area contributed by atoms with Crippen LogP contribution in [0.4, 0.5) is 0 Å². The van der Waals surface area contributed by atoms with Gasteiger partial charge in [-0.1, -0.05) is 70.9 Å². The van der Waals surface area contributed by atoms with E-state index in [4.69, 9.17) is 4.74 Å². The molecule has 2 fully saturated rings. The third-order valence-corrected chi connectivity index (χ3v) is 6.68. The van der Waals surface area contributed by atoms with Crippen LogP contribution in [0, 0.1) is 17.8 Å². The molecule has 25 heavy (non-hydrogen) atoms. The van der Waals surface area contributed by atoms with Crippen molar-refractivity contribution in [3.05, 3.63) is 12.2 Å². The van der Waals surface area contributed by atoms with Crippen molar-refractivity contribution < 1.29 is 4.74 Å². The molecular weight excluding hydrogens is 304 g/mol. The number of rotatable bonds is 11. The zero-order valence-corrected chi connectivity index (χ0v) is 17.2. The van der Waals surface area contributed by atoms with Crippen molar-refractivity contribution in [2.75, 3.05) is 6.61 Å². The third-order valence-electron chi connectivity index (χ3n) is 6.68. The maximum Gasteiger partial charge on any atom is 0.0651 e. The van der Waals surface area contributed by atoms with Crippen LogP contribution in [0.15, 0.2) is 12.2 Å². The summed E-state index contributed by atoms with van der Waals surface area (Å²) >= 11 is 0. The lowest BCUT2D eigenvalue weighted by molar-refractivity contribution is 0.0333. The van der Waals surface area contributed by atoms with Gasteiger partial charge >= 0.3 is 0 Å². The first kappa shape index (κ1) is 21.0. The molecule has 2 saturated carbocycles. The average molecular weight is 349 g/mol. The monoisotopic (exact) mass is 348 g/mol. The fourth-order valence-electron chi connectivity index (χ4n) is 4.96. The minimum absolute atomic E-state index is 0.539. The van der Waals surface area contributed by atoms with Crippen LogP contribution >= 0.6 is 0 Å². The second-order valence-corrected chi connectivity index (χ2v) is 8.82. The molecule has 0 atom stereocenters. The molecule has 1 heteroatoms. The predicted octanol–water partition coefficient (Wildman–Crippen LogP) is 7.69. The van der Waals surface area contributed by atoms with Crippen LogP contribution in [-0.2, 0) is 4.74 Å². The molecule has 0 amide bonds. The molecule has 0 aromatic heterocycles. The first-order valence-electron chi connectivity index (χ1n) is 11.6. The molecule has 2 aliphatic carbocycles. The Morgan fingerprint density at radius 1 is 0.720 bits per heavy atom. The highest BCUT2D eigenvalue weighted by Crippen LogP contribution is 2.33. The normalized spacial score (nSPS) is 30.8. The Morgan fingerprint density at radius 2 is 1.40 bits per heavy atom. The second-order valence-electron chi connectivity index (χ2n) is 8.82. The molecule has 0 N–H and O–H groups in total. The summed E-state index contributed by atoms with van der Waals surface area (Å²) in [6.45, 7) is 5.46. The van der Waals surface area contributed by atoms with Gasteiger partial charge in [-0.3, -0.25) is 0 Å². The fourth-order valence-corrected chi connectivity index (χ4v) is 4.96. The predicted molar refractivity (Wildman–Crippen MR) is 110 cm³/mol. The van der Waals surface area contributed by atoms with E-state index in [9.17, 15) is 0 Å². The van der Waals surface area contributed by atoms with Gasteiger partial charge in [-0.05, 0) is 69.1 Å². The van der Waals surface area contributed by atoms with Gasteiger partial charge in [-0.2, -0.15) is 0 Å². The Balaban J connectivity index is 1.49. The van der Waals surface area contributed by atoms with Crippen molar-refractivity contribution in [1.82, 2.24) is 0 Å². The van der Waals surface area contributed by atoms with Crippen LogP contribution < -0.4 is 0 Å². The van der Waals surface area contributed by atoms with Crippen LogP contribution in [0.3, 0.4) is 0 Å². The van der Waals surface area contributed by atoms with Gasteiger partial charge in [0.15, 0.2) is 0 Å². The molecule has 2 rings (SSSR count). The van der Waals surface area contributed by atoms with Gasteiger partial charge in [0, 0.05) is 0 Å². The third kappa shape index (κ3) is 8.76. The lowest BCUT2D eigenvalue weighted by atomic mass is 9.79. The molecule has 0 radical (unpaired) electrons. The summed E-state index contributed by atoms with van der Waals surface area (Å²) in [5.41, 5.74) is 0. The molecule has 0 aromatic rings. The highest BCUT2D eigenvalue weighted by molar-refractivity contribution is 4.91. The van der Waals surface area contributed by atoms with Crippen molar-refractivity contribution in [3.63, 3.8) is 0 Å². The summed E-state index contributed by atoms with van der Waals surface area (Å²) in [4.78, 5) is 0. The van der Waals surface area contributed by atoms with E-state index in [-0.39, 0.29) is 0 Å². The van der Waals surface area contributed by atoms with Gasteiger partial charge in [0.2, 0.25) is 0 Å². The Kier molecular flexibility index (Phi) is 10.9. The van der Waals surface area contributed by atoms with E-state index in [2.05, 4.69) is 26.0 Å². The Hall–Kier alpha value is -0.300. The lowest BCUT2D eigenvalue weighted by Crippen LogP contribution is -2.21. The first-order chi connectivity index (χ1) is 12.3. The summed E-state index contributed by atoms with van der Waals surface area (Å²) in [5, 5.41) is 0. The Bertz CT molecular complexity index is 332. The SMILES string of the molecule is CCCCCCC1CCC(/C=C/COC2CCC(CCC)CC2)CC1. The van der Waals surface area contributed by atoms with Gasteiger partial charge in [-0.25, -0.2) is 0 Å². The maximum absolute atomic E-state index is 6.11. The zero-order chi connectivity index (χ0) is 17.7. The highest BCUT2D eigenvalue weighted by Gasteiger charge is 2.21. The van der Waals surface area contributed by atoms with Crippen molar-refractivity contribution in [1.29, 1.82) is 0 Å². The molecule has 0 aromatic carbocycles. The van der Waals surface area contributed by atoms with E-state index in [0.29, 0.717) is 6.10 Å². The number of ether oxygens (including phenoxy) is 1. The lowest BCUT2D eigenvalue weighted by Gasteiger charge is -2.28. The van der Waals surface area contributed by atoms with Gasteiger partial charge in [0.25, 0.3) is 0 Å². The summed E-state index contributed by atoms with van der Waals surface area (Å²) in [7, 11) is 0. The molecular formula is C24H44O. The standard InChI is InChI=1S/C24H44O/c1-3-5-6-7-10-22-12-14-23(15-13-22)11-8-20-25-24-18-16-21(9-4-2)17-19-24/h8,11,21-24H,3-7,9-10,12-20H2,1-2H3/b11-8+. The fraction of sp³-hybridized carbons (Fsp3) is 0.917. The minimum atomic E-state index is 0.539. The number of unbranched alkanes of at least 4 members (excludes halogenated alkanes) is 3. The van der Waals surface area contributed by atoms with Crippen LogP contribution in [0.2, 0.25) is 0 Å². The molecule has 0 spiro atoms. The molecule has 0 bridgehead atoms. The van der Waals surface area contributed by atoms with Crippen molar-refractivity contribution >= 4 is 0 Å². The maximum atomic E-state index is 6.11. The van der Waals surface area contributed by atoms with Crippen LogP contribution in [0.5, 0.6) is 0 Å².